The second-order valence-electron chi connectivity index (χ2n) is 16.1. The molecule has 1 aliphatic rings. The van der Waals surface area contributed by atoms with E-state index in [1.54, 1.807) is 0 Å². The average molecular weight is 796 g/mol. The van der Waals surface area contributed by atoms with Gasteiger partial charge < -0.3 is 18.8 Å². The molecule has 0 spiro atoms. The Bertz CT molecular complexity index is 3510. The van der Waals surface area contributed by atoms with Crippen LogP contribution in [0.5, 0.6) is 0 Å². The van der Waals surface area contributed by atoms with Gasteiger partial charge in [0.05, 0.1) is 17.1 Å². The lowest BCUT2D eigenvalue weighted by Crippen LogP contribution is -2.32. The normalized spacial score (nSPS) is 13.9. The Morgan fingerprint density at radius 1 is 0.468 bits per heavy atom. The number of rotatable bonds is 8. The summed E-state index contributed by atoms with van der Waals surface area (Å²) < 4.78 is 8.91. The van der Waals surface area contributed by atoms with Gasteiger partial charge >= 0.3 is 0 Å². The minimum absolute atomic E-state index is 0.0275. The van der Waals surface area contributed by atoms with Gasteiger partial charge in [-0.15, -0.1) is 0 Å². The number of hydrogen-bond acceptors (Lipinski definition) is 3. The molecular weight excluding hydrogens is 755 g/mol. The predicted molar refractivity (Wildman–Crippen MR) is 260 cm³/mol. The fourth-order valence-electron chi connectivity index (χ4n) is 9.65. The molecule has 2 aromatic heterocycles. The number of para-hydroxylation sites is 4. The van der Waals surface area contributed by atoms with Crippen molar-refractivity contribution in [3.8, 4) is 16.8 Å². The first-order valence-electron chi connectivity index (χ1n) is 21.4. The molecule has 0 amide bonds. The number of anilines is 4. The molecule has 1 aliphatic carbocycles. The summed E-state index contributed by atoms with van der Waals surface area (Å²) in [4.78, 5) is 4.90. The fourth-order valence-corrected chi connectivity index (χ4v) is 9.65. The minimum Gasteiger partial charge on any atom is -0.456 e. The van der Waals surface area contributed by atoms with E-state index < -0.39 is 0 Å². The van der Waals surface area contributed by atoms with Gasteiger partial charge in [0.1, 0.15) is 11.2 Å². The summed E-state index contributed by atoms with van der Waals surface area (Å²) in [6, 6.07) is 76.3. The third-order valence-electron chi connectivity index (χ3n) is 12.4. The summed E-state index contributed by atoms with van der Waals surface area (Å²) in [5, 5.41) is 7.13. The molecule has 0 N–H and O–H groups in total. The van der Waals surface area contributed by atoms with E-state index in [1.165, 1.54) is 32.6 Å². The van der Waals surface area contributed by atoms with Crippen molar-refractivity contribution >= 4 is 77.3 Å². The fraction of sp³-hybridized carbons (Fsp3) is 0.0345. The van der Waals surface area contributed by atoms with Crippen LogP contribution in [0.3, 0.4) is 0 Å². The molecule has 0 saturated carbocycles. The molecular formula is C58H41N3O. The lowest BCUT2D eigenvalue weighted by molar-refractivity contribution is 0.669. The van der Waals surface area contributed by atoms with Crippen molar-refractivity contribution in [1.82, 2.24) is 4.57 Å². The third kappa shape index (κ3) is 6.07. The molecule has 11 aromatic rings. The predicted octanol–water partition coefficient (Wildman–Crippen LogP) is 15.7. The first-order valence-corrected chi connectivity index (χ1v) is 21.4. The summed E-state index contributed by atoms with van der Waals surface area (Å²) in [5.41, 5.74) is 13.2. The van der Waals surface area contributed by atoms with E-state index in [-0.39, 0.29) is 6.04 Å². The number of nitrogens with zero attached hydrogens (tertiary/aromatic N) is 3. The smallest absolute Gasteiger partial charge is 0.136 e. The maximum Gasteiger partial charge on any atom is 0.136 e. The zero-order valence-electron chi connectivity index (χ0n) is 34.0. The van der Waals surface area contributed by atoms with Gasteiger partial charge in [-0.3, -0.25) is 0 Å². The molecule has 0 fully saturated rings. The number of benzene rings is 9. The van der Waals surface area contributed by atoms with Crippen molar-refractivity contribution in [3.63, 3.8) is 0 Å². The molecule has 0 radical (unpaired) electrons. The van der Waals surface area contributed by atoms with Crippen LogP contribution >= 0.6 is 0 Å². The van der Waals surface area contributed by atoms with Crippen LogP contribution in [0, 0.1) is 0 Å². The van der Waals surface area contributed by atoms with Crippen LogP contribution in [-0.2, 0) is 0 Å². The molecule has 1 atom stereocenters. The van der Waals surface area contributed by atoms with Gasteiger partial charge in [0.25, 0.3) is 0 Å². The maximum atomic E-state index is 6.51. The molecule has 294 valence electrons. The second-order valence-corrected chi connectivity index (χ2v) is 16.1. The highest BCUT2D eigenvalue weighted by molar-refractivity contribution is 6.16. The quantitative estimate of drug-likeness (QED) is 0.153. The Labute approximate surface area is 360 Å². The van der Waals surface area contributed by atoms with Gasteiger partial charge in [0, 0.05) is 55.7 Å². The second kappa shape index (κ2) is 14.9. The maximum absolute atomic E-state index is 6.51. The molecule has 0 aliphatic heterocycles. The number of furan rings is 1. The van der Waals surface area contributed by atoms with Gasteiger partial charge in [-0.05, 0) is 125 Å². The van der Waals surface area contributed by atoms with E-state index in [4.69, 9.17) is 4.42 Å². The number of allylic oxidation sites excluding steroid dienone is 1. The summed E-state index contributed by atoms with van der Waals surface area (Å²) in [7, 11) is 0. The van der Waals surface area contributed by atoms with E-state index in [2.05, 4.69) is 245 Å². The van der Waals surface area contributed by atoms with E-state index in [9.17, 15) is 0 Å². The average Bonchev–Trinajstić information content (AvgIpc) is 3.87. The van der Waals surface area contributed by atoms with Crippen LogP contribution in [0.15, 0.2) is 241 Å². The van der Waals surface area contributed by atoms with Gasteiger partial charge in [0.15, 0.2) is 0 Å². The number of fused-ring (bicyclic) bond motifs is 7. The van der Waals surface area contributed by atoms with E-state index in [0.29, 0.717) is 0 Å². The van der Waals surface area contributed by atoms with Gasteiger partial charge in [0.2, 0.25) is 0 Å². The molecule has 1 unspecified atom stereocenters. The van der Waals surface area contributed by atoms with Crippen LogP contribution in [0.4, 0.5) is 22.7 Å². The Balaban J connectivity index is 0.996. The molecule has 4 heteroatoms. The Hall–Kier alpha value is -8.08. The summed E-state index contributed by atoms with van der Waals surface area (Å²) in [6.07, 6.45) is 7.91. The van der Waals surface area contributed by atoms with Crippen molar-refractivity contribution in [2.75, 3.05) is 9.80 Å². The zero-order chi connectivity index (χ0) is 41.0. The van der Waals surface area contributed by atoms with Crippen molar-refractivity contribution in [2.45, 2.75) is 12.5 Å². The van der Waals surface area contributed by atoms with Crippen LogP contribution < -0.4 is 9.80 Å². The lowest BCUT2D eigenvalue weighted by Gasteiger charge is -2.36. The molecule has 4 nitrogen and oxygen atoms in total. The number of hydrogen-bond donors (Lipinski definition) is 0. The highest BCUT2D eigenvalue weighted by Crippen LogP contribution is 2.43. The first kappa shape index (κ1) is 35.8. The van der Waals surface area contributed by atoms with Crippen molar-refractivity contribution in [1.29, 1.82) is 0 Å². The van der Waals surface area contributed by atoms with Gasteiger partial charge in [-0.1, -0.05) is 133 Å². The highest BCUT2D eigenvalue weighted by Gasteiger charge is 2.25. The third-order valence-corrected chi connectivity index (χ3v) is 12.4. The largest absolute Gasteiger partial charge is 0.456 e. The van der Waals surface area contributed by atoms with Gasteiger partial charge in [-0.2, -0.15) is 0 Å². The molecule has 9 aromatic carbocycles. The van der Waals surface area contributed by atoms with Crippen LogP contribution in [0.25, 0.3) is 71.3 Å². The summed E-state index contributed by atoms with van der Waals surface area (Å²) in [5.74, 6) is 0. The summed E-state index contributed by atoms with van der Waals surface area (Å²) >= 11 is 0. The molecule has 0 bridgehead atoms. The number of aromatic nitrogens is 1. The van der Waals surface area contributed by atoms with Crippen molar-refractivity contribution in [3.05, 3.63) is 236 Å². The first-order chi connectivity index (χ1) is 30.7. The molecule has 62 heavy (non-hydrogen) atoms. The highest BCUT2D eigenvalue weighted by atomic mass is 16.3. The summed E-state index contributed by atoms with van der Waals surface area (Å²) in [6.45, 7) is 0. The van der Waals surface area contributed by atoms with Crippen LogP contribution in [0.1, 0.15) is 6.42 Å². The molecule has 0 saturated heterocycles. The van der Waals surface area contributed by atoms with E-state index in [0.717, 1.165) is 73.6 Å². The zero-order valence-corrected chi connectivity index (χ0v) is 34.0. The van der Waals surface area contributed by atoms with Crippen LogP contribution in [-0.4, -0.2) is 10.6 Å². The Morgan fingerprint density at radius 2 is 1.15 bits per heavy atom. The molecule has 2 heterocycles. The standard InChI is InChI=1S/C58H41N3O/c1-4-20-43(21-5-1)59(46-26-14-19-42(35-46)50-30-16-32-56-58(50)53-36-40-17-10-11-18-41(40)37-57(53)62-56)47-27-15-28-48(38-47)60(44-22-6-2-7-23-44)49-33-34-52-51-29-12-13-31-54(51)61(55(52)39-49)45-24-8-3-9-25-45/h1-27,29-39,48H,28H2. The minimum atomic E-state index is 0.0275. The van der Waals surface area contributed by atoms with Crippen molar-refractivity contribution in [2.24, 2.45) is 0 Å². The topological polar surface area (TPSA) is 24.6 Å². The van der Waals surface area contributed by atoms with E-state index in [1.807, 2.05) is 0 Å². The SMILES string of the molecule is C1=CC(N(c2ccccc2)c2cccc(-c3cccc4oc5cc6ccccc6cc5c34)c2)=CC(N(c2ccccc2)c2ccc3c4ccccc4n(-c4ccccc4)c3c2)C1. The molecule has 12 rings (SSSR count). The van der Waals surface area contributed by atoms with E-state index >= 15 is 0 Å². The van der Waals surface area contributed by atoms with Gasteiger partial charge in [-0.25, -0.2) is 0 Å². The van der Waals surface area contributed by atoms with Crippen molar-refractivity contribution < 1.29 is 4.42 Å². The lowest BCUT2D eigenvalue weighted by atomic mass is 9.97. The Morgan fingerprint density at radius 3 is 1.97 bits per heavy atom. The monoisotopic (exact) mass is 795 g/mol. The Kier molecular flexibility index (Phi) is 8.60. The van der Waals surface area contributed by atoms with Crippen LogP contribution in [0.2, 0.25) is 0 Å².